The first kappa shape index (κ1) is 13.1. The average molecular weight is 282 g/mol. The number of benzene rings is 1. The van der Waals surface area contributed by atoms with Crippen molar-refractivity contribution in [1.82, 2.24) is 0 Å². The van der Waals surface area contributed by atoms with Crippen molar-refractivity contribution in [2.75, 3.05) is 11.9 Å². The lowest BCUT2D eigenvalue weighted by Gasteiger charge is -2.18. The van der Waals surface area contributed by atoms with Crippen LogP contribution in [0, 0.1) is 0 Å². The quantitative estimate of drug-likeness (QED) is 0.647. The SMILES string of the molecule is O=C(O)C=CC(=O)c1cc2c(cc1Cl)NC(=O)CO2. The Morgan fingerprint density at radius 1 is 1.37 bits per heavy atom. The molecule has 1 amide bonds. The van der Waals surface area contributed by atoms with Crippen molar-refractivity contribution in [2.45, 2.75) is 0 Å². The van der Waals surface area contributed by atoms with Gasteiger partial charge in [0, 0.05) is 11.6 Å². The molecule has 1 aromatic carbocycles. The van der Waals surface area contributed by atoms with Crippen LogP contribution in [0.2, 0.25) is 5.02 Å². The highest BCUT2D eigenvalue weighted by Gasteiger charge is 2.20. The predicted octanol–water partition coefficient (Wildman–Crippen LogP) is 1.49. The highest BCUT2D eigenvalue weighted by Crippen LogP contribution is 2.33. The first-order valence-corrected chi connectivity index (χ1v) is 5.56. The van der Waals surface area contributed by atoms with Gasteiger partial charge in [-0.15, -0.1) is 0 Å². The summed E-state index contributed by atoms with van der Waals surface area (Å²) in [6.45, 7) is -0.146. The van der Waals surface area contributed by atoms with Crippen LogP contribution in [0.1, 0.15) is 10.4 Å². The second kappa shape index (κ2) is 5.11. The smallest absolute Gasteiger partial charge is 0.328 e. The predicted molar refractivity (Wildman–Crippen MR) is 66.7 cm³/mol. The molecule has 1 aliphatic rings. The molecule has 0 aromatic heterocycles. The third kappa shape index (κ3) is 2.92. The number of rotatable bonds is 3. The van der Waals surface area contributed by atoms with Gasteiger partial charge >= 0.3 is 5.97 Å². The molecule has 0 spiro atoms. The summed E-state index contributed by atoms with van der Waals surface area (Å²) in [6, 6.07) is 2.75. The number of carbonyl (C=O) groups excluding carboxylic acids is 2. The van der Waals surface area contributed by atoms with Crippen molar-refractivity contribution in [1.29, 1.82) is 0 Å². The summed E-state index contributed by atoms with van der Waals surface area (Å²) in [6.07, 6.45) is 1.62. The van der Waals surface area contributed by atoms with E-state index in [2.05, 4.69) is 5.32 Å². The molecular weight excluding hydrogens is 274 g/mol. The van der Waals surface area contributed by atoms with Gasteiger partial charge in [0.05, 0.1) is 10.7 Å². The van der Waals surface area contributed by atoms with Crippen LogP contribution in [0.4, 0.5) is 5.69 Å². The molecule has 0 fully saturated rings. The number of aliphatic carboxylic acids is 1. The molecule has 0 saturated carbocycles. The molecular formula is C12H8ClNO5. The lowest BCUT2D eigenvalue weighted by atomic mass is 10.1. The Morgan fingerprint density at radius 2 is 2.11 bits per heavy atom. The molecule has 0 bridgehead atoms. The van der Waals surface area contributed by atoms with Gasteiger partial charge in [-0.1, -0.05) is 11.6 Å². The summed E-state index contributed by atoms with van der Waals surface area (Å²) in [5.41, 5.74) is 0.481. The van der Waals surface area contributed by atoms with E-state index in [1.54, 1.807) is 0 Å². The molecule has 19 heavy (non-hydrogen) atoms. The lowest BCUT2D eigenvalue weighted by Crippen LogP contribution is -2.25. The van der Waals surface area contributed by atoms with Crippen LogP contribution in [0.5, 0.6) is 5.75 Å². The second-order valence-corrected chi connectivity index (χ2v) is 4.11. The zero-order valence-electron chi connectivity index (χ0n) is 9.47. The number of amides is 1. The van der Waals surface area contributed by atoms with E-state index in [1.807, 2.05) is 0 Å². The number of ether oxygens (including phenoxy) is 1. The summed E-state index contributed by atoms with van der Waals surface area (Å²) in [5, 5.41) is 11.1. The van der Waals surface area contributed by atoms with Gasteiger partial charge in [-0.3, -0.25) is 9.59 Å². The molecule has 2 rings (SSSR count). The fraction of sp³-hybridized carbons (Fsp3) is 0.0833. The lowest BCUT2D eigenvalue weighted by molar-refractivity contribution is -0.131. The highest BCUT2D eigenvalue weighted by molar-refractivity contribution is 6.35. The zero-order valence-corrected chi connectivity index (χ0v) is 10.2. The Morgan fingerprint density at radius 3 is 2.79 bits per heavy atom. The van der Waals surface area contributed by atoms with E-state index >= 15 is 0 Å². The molecule has 7 heteroatoms. The Bertz CT molecular complexity index is 608. The minimum absolute atomic E-state index is 0.101. The standard InChI is InChI=1S/C12H8ClNO5/c13-7-4-8-10(19-5-11(16)14-8)3-6(7)9(15)1-2-12(17)18/h1-4H,5H2,(H,14,16)(H,17,18). The van der Waals surface area contributed by atoms with Crippen LogP contribution in [-0.2, 0) is 9.59 Å². The number of hydrogen-bond donors (Lipinski definition) is 2. The van der Waals surface area contributed by atoms with E-state index in [1.165, 1.54) is 12.1 Å². The van der Waals surface area contributed by atoms with Crippen LogP contribution in [-0.4, -0.2) is 29.4 Å². The van der Waals surface area contributed by atoms with Gasteiger partial charge in [0.25, 0.3) is 5.91 Å². The molecule has 0 aliphatic carbocycles. The molecule has 1 aromatic rings. The Labute approximate surface area is 112 Å². The van der Waals surface area contributed by atoms with Crippen LogP contribution in [0.25, 0.3) is 0 Å². The van der Waals surface area contributed by atoms with E-state index < -0.39 is 11.8 Å². The average Bonchev–Trinajstić information content (AvgIpc) is 2.35. The number of allylic oxidation sites excluding steroid dienone is 1. The number of carboxylic acid groups (broad SMARTS) is 1. The zero-order chi connectivity index (χ0) is 14.0. The summed E-state index contributed by atoms with van der Waals surface area (Å²) >= 11 is 5.91. The van der Waals surface area contributed by atoms with Gasteiger partial charge in [0.2, 0.25) is 0 Å². The monoisotopic (exact) mass is 281 g/mol. The Kier molecular flexibility index (Phi) is 3.52. The number of carboxylic acids is 1. The first-order valence-electron chi connectivity index (χ1n) is 5.19. The minimum Gasteiger partial charge on any atom is -0.482 e. The third-order valence-electron chi connectivity index (χ3n) is 2.34. The maximum absolute atomic E-state index is 11.7. The second-order valence-electron chi connectivity index (χ2n) is 3.70. The third-order valence-corrected chi connectivity index (χ3v) is 2.66. The van der Waals surface area contributed by atoms with E-state index in [0.717, 1.165) is 12.2 Å². The Balaban J connectivity index is 2.35. The van der Waals surface area contributed by atoms with Gasteiger partial charge < -0.3 is 15.2 Å². The number of anilines is 1. The minimum atomic E-state index is -1.23. The molecule has 0 unspecified atom stereocenters. The van der Waals surface area contributed by atoms with Crippen molar-refractivity contribution < 1.29 is 24.2 Å². The number of hydrogen-bond acceptors (Lipinski definition) is 4. The number of ketones is 1. The molecule has 0 radical (unpaired) electrons. The van der Waals surface area contributed by atoms with E-state index in [9.17, 15) is 14.4 Å². The number of halogens is 1. The maximum atomic E-state index is 11.7. The van der Waals surface area contributed by atoms with Gasteiger partial charge in [-0.25, -0.2) is 4.79 Å². The van der Waals surface area contributed by atoms with Crippen molar-refractivity contribution >= 4 is 34.9 Å². The highest BCUT2D eigenvalue weighted by atomic mass is 35.5. The van der Waals surface area contributed by atoms with E-state index in [4.69, 9.17) is 21.4 Å². The van der Waals surface area contributed by atoms with Crippen LogP contribution in [0.3, 0.4) is 0 Å². The summed E-state index contributed by atoms with van der Waals surface area (Å²) in [7, 11) is 0. The van der Waals surface area contributed by atoms with Gasteiger partial charge in [-0.2, -0.15) is 0 Å². The van der Waals surface area contributed by atoms with Crippen LogP contribution < -0.4 is 10.1 Å². The number of fused-ring (bicyclic) bond motifs is 1. The van der Waals surface area contributed by atoms with Crippen LogP contribution in [0.15, 0.2) is 24.3 Å². The number of carbonyl (C=O) groups is 3. The normalized spacial score (nSPS) is 13.6. The van der Waals surface area contributed by atoms with Crippen molar-refractivity contribution in [2.24, 2.45) is 0 Å². The van der Waals surface area contributed by atoms with Gasteiger partial charge in [0.15, 0.2) is 12.4 Å². The van der Waals surface area contributed by atoms with Gasteiger partial charge in [-0.05, 0) is 18.2 Å². The summed E-state index contributed by atoms with van der Waals surface area (Å²) < 4.78 is 5.14. The molecule has 1 heterocycles. The molecule has 98 valence electrons. The summed E-state index contributed by atoms with van der Waals surface area (Å²) in [4.78, 5) is 33.2. The van der Waals surface area contributed by atoms with E-state index in [-0.39, 0.29) is 23.1 Å². The topological polar surface area (TPSA) is 92.7 Å². The Hall–Kier alpha value is -2.34. The largest absolute Gasteiger partial charge is 0.482 e. The molecule has 6 nitrogen and oxygen atoms in total. The van der Waals surface area contributed by atoms with Crippen molar-refractivity contribution in [3.8, 4) is 5.75 Å². The van der Waals surface area contributed by atoms with Gasteiger partial charge in [0.1, 0.15) is 5.75 Å². The molecule has 2 N–H and O–H groups in total. The first-order chi connectivity index (χ1) is 8.97. The van der Waals surface area contributed by atoms with Crippen molar-refractivity contribution in [3.63, 3.8) is 0 Å². The molecule has 0 atom stereocenters. The van der Waals surface area contributed by atoms with Crippen LogP contribution >= 0.6 is 11.6 Å². The van der Waals surface area contributed by atoms with E-state index in [0.29, 0.717) is 11.4 Å². The fourth-order valence-electron chi connectivity index (χ4n) is 1.53. The fourth-order valence-corrected chi connectivity index (χ4v) is 1.78. The van der Waals surface area contributed by atoms with Crippen molar-refractivity contribution in [3.05, 3.63) is 34.9 Å². The molecule has 1 aliphatic heterocycles. The summed E-state index contributed by atoms with van der Waals surface area (Å²) in [5.74, 6) is -1.79. The number of nitrogens with one attached hydrogen (secondary N) is 1. The molecule has 0 saturated heterocycles. The maximum Gasteiger partial charge on any atom is 0.328 e.